The number of aromatic nitrogens is 3. The Hall–Kier alpha value is -0.940. The Morgan fingerprint density at radius 3 is 2.64 bits per heavy atom. The molecule has 0 bridgehead atoms. The van der Waals surface area contributed by atoms with Crippen molar-refractivity contribution in [3.05, 3.63) is 11.6 Å². The van der Waals surface area contributed by atoms with Gasteiger partial charge in [0.15, 0.2) is 5.82 Å². The summed E-state index contributed by atoms with van der Waals surface area (Å²) in [6.07, 6.45) is 6.06. The highest BCUT2D eigenvalue weighted by Gasteiger charge is 2.56. The van der Waals surface area contributed by atoms with Gasteiger partial charge in [-0.05, 0) is 64.5 Å². The summed E-state index contributed by atoms with van der Waals surface area (Å²) in [5.41, 5.74) is 0.526. The molecule has 2 saturated heterocycles. The highest BCUT2D eigenvalue weighted by Crippen LogP contribution is 2.64. The molecule has 1 spiro atoms. The Morgan fingerprint density at radius 1 is 1.23 bits per heavy atom. The largest absolute Gasteiger partial charge is 0.381 e. The maximum Gasteiger partial charge on any atom is 0.154 e. The van der Waals surface area contributed by atoms with E-state index in [-0.39, 0.29) is 0 Å². The molecule has 0 aromatic carbocycles. The molecule has 1 N–H and O–H groups in total. The number of piperidine rings is 1. The van der Waals surface area contributed by atoms with Crippen LogP contribution in [0.3, 0.4) is 0 Å². The second-order valence-electron chi connectivity index (χ2n) is 7.62. The predicted octanol–water partition coefficient (Wildman–Crippen LogP) is 2.61. The van der Waals surface area contributed by atoms with Gasteiger partial charge in [-0.1, -0.05) is 0 Å². The number of hydrogen-bond acceptors (Lipinski definition) is 4. The highest BCUT2D eigenvalue weighted by molar-refractivity contribution is 5.21. The fraction of sp³-hybridized carbons (Fsp3) is 0.882. The number of hydrogen-bond donors (Lipinski definition) is 1. The smallest absolute Gasteiger partial charge is 0.154 e. The molecule has 4 rings (SSSR count). The molecule has 0 unspecified atom stereocenters. The molecule has 5 heteroatoms. The third-order valence-electron chi connectivity index (χ3n) is 5.85. The zero-order valence-corrected chi connectivity index (χ0v) is 13.8. The van der Waals surface area contributed by atoms with Crippen LogP contribution in [0.2, 0.25) is 0 Å². The summed E-state index contributed by atoms with van der Waals surface area (Å²) in [6, 6.07) is 0.399. The van der Waals surface area contributed by atoms with Crippen LogP contribution in [0.1, 0.15) is 75.5 Å². The highest BCUT2D eigenvalue weighted by atomic mass is 16.5. The van der Waals surface area contributed by atoms with Crippen LogP contribution in [0, 0.1) is 5.41 Å². The molecule has 1 aliphatic carbocycles. The predicted molar refractivity (Wildman–Crippen MR) is 85.1 cm³/mol. The second-order valence-corrected chi connectivity index (χ2v) is 7.62. The van der Waals surface area contributed by atoms with Crippen molar-refractivity contribution >= 4 is 0 Å². The van der Waals surface area contributed by atoms with Crippen LogP contribution in [0.5, 0.6) is 0 Å². The van der Waals surface area contributed by atoms with Gasteiger partial charge in [-0.25, -0.2) is 9.67 Å². The third-order valence-corrected chi connectivity index (χ3v) is 5.85. The molecular formula is C17H28N4O. The average Bonchev–Trinajstić information content (AvgIpc) is 3.04. The van der Waals surface area contributed by atoms with Crippen LogP contribution in [0.15, 0.2) is 0 Å². The first-order chi connectivity index (χ1) is 10.7. The first-order valence-electron chi connectivity index (χ1n) is 8.94. The summed E-state index contributed by atoms with van der Waals surface area (Å²) in [5.74, 6) is 3.47. The van der Waals surface area contributed by atoms with Gasteiger partial charge in [0.2, 0.25) is 0 Å². The number of nitrogens with zero attached hydrogens (tertiary/aromatic N) is 3. The topological polar surface area (TPSA) is 52.0 Å². The molecule has 1 atom stereocenters. The van der Waals surface area contributed by atoms with Gasteiger partial charge in [0, 0.05) is 31.1 Å². The first-order valence-corrected chi connectivity index (χ1v) is 8.94. The van der Waals surface area contributed by atoms with E-state index in [2.05, 4.69) is 23.8 Å². The molecule has 0 radical (unpaired) electrons. The van der Waals surface area contributed by atoms with E-state index in [4.69, 9.17) is 14.8 Å². The zero-order valence-electron chi connectivity index (χ0n) is 13.8. The lowest BCUT2D eigenvalue weighted by atomic mass is 9.91. The van der Waals surface area contributed by atoms with Crippen LogP contribution in [0.4, 0.5) is 0 Å². The maximum absolute atomic E-state index is 5.49. The van der Waals surface area contributed by atoms with Crippen molar-refractivity contribution in [2.75, 3.05) is 26.3 Å². The van der Waals surface area contributed by atoms with Gasteiger partial charge in [-0.3, -0.25) is 0 Å². The zero-order chi connectivity index (χ0) is 15.2. The molecule has 22 heavy (non-hydrogen) atoms. The molecule has 1 aromatic heterocycles. The summed E-state index contributed by atoms with van der Waals surface area (Å²) < 4.78 is 7.70. The Balaban J connectivity index is 1.59. The molecule has 5 nitrogen and oxygen atoms in total. The summed E-state index contributed by atoms with van der Waals surface area (Å²) in [6.45, 7) is 8.50. The van der Waals surface area contributed by atoms with Gasteiger partial charge in [0.05, 0.1) is 0 Å². The van der Waals surface area contributed by atoms with E-state index in [1.807, 2.05) is 0 Å². The van der Waals surface area contributed by atoms with E-state index < -0.39 is 0 Å². The van der Waals surface area contributed by atoms with Crippen molar-refractivity contribution < 1.29 is 4.74 Å². The van der Waals surface area contributed by atoms with Gasteiger partial charge in [0.1, 0.15) is 5.82 Å². The van der Waals surface area contributed by atoms with Crippen molar-refractivity contribution in [1.29, 1.82) is 0 Å². The van der Waals surface area contributed by atoms with Crippen molar-refractivity contribution in [3.8, 4) is 0 Å². The molecule has 1 saturated carbocycles. The number of rotatable bonds is 3. The standard InChI is InChI=1S/C17H28N4O/c1-12(2)21-16(14-11-17(14)5-7-18-8-6-17)19-15(20-21)13-3-9-22-10-4-13/h12-14,18H,3-11H2,1-2H3/t14-/m1/s1. The van der Waals surface area contributed by atoms with Gasteiger partial charge < -0.3 is 10.1 Å². The number of ether oxygens (including phenoxy) is 1. The SMILES string of the molecule is CC(C)n1nc(C2CCOCC2)nc1[C@H]1CC12CCNCC2. The first kappa shape index (κ1) is 14.6. The lowest BCUT2D eigenvalue weighted by Crippen LogP contribution is -2.29. The monoisotopic (exact) mass is 304 g/mol. The van der Waals surface area contributed by atoms with E-state index in [0.717, 1.165) is 31.9 Å². The molecule has 1 aromatic rings. The Labute approximate surface area is 132 Å². The molecule has 122 valence electrons. The summed E-state index contributed by atoms with van der Waals surface area (Å²) in [7, 11) is 0. The van der Waals surface area contributed by atoms with Crippen LogP contribution in [-0.2, 0) is 4.74 Å². The molecule has 0 amide bonds. The Morgan fingerprint density at radius 2 is 1.95 bits per heavy atom. The number of nitrogens with one attached hydrogen (secondary N) is 1. The normalized spacial score (nSPS) is 28.4. The summed E-state index contributed by atoms with van der Waals surface area (Å²) in [5, 5.41) is 8.40. The average molecular weight is 304 g/mol. The van der Waals surface area contributed by atoms with E-state index in [0.29, 0.717) is 23.3 Å². The van der Waals surface area contributed by atoms with Crippen LogP contribution in [0.25, 0.3) is 0 Å². The minimum atomic E-state index is 0.399. The quantitative estimate of drug-likeness (QED) is 0.932. The van der Waals surface area contributed by atoms with Crippen LogP contribution < -0.4 is 5.32 Å². The van der Waals surface area contributed by atoms with Gasteiger partial charge in [-0.2, -0.15) is 5.10 Å². The lowest BCUT2D eigenvalue weighted by molar-refractivity contribution is 0.0835. The Kier molecular flexibility index (Phi) is 3.73. The molecule has 2 aliphatic heterocycles. The minimum absolute atomic E-state index is 0.399. The maximum atomic E-state index is 5.49. The third kappa shape index (κ3) is 2.48. The molecule has 3 heterocycles. The summed E-state index contributed by atoms with van der Waals surface area (Å²) in [4.78, 5) is 5.04. The molecule has 3 fully saturated rings. The molecule has 3 aliphatic rings. The van der Waals surface area contributed by atoms with Crippen molar-refractivity contribution in [2.45, 2.75) is 63.8 Å². The Bertz CT molecular complexity index is 527. The molecular weight excluding hydrogens is 276 g/mol. The van der Waals surface area contributed by atoms with E-state index in [1.54, 1.807) is 0 Å². The van der Waals surface area contributed by atoms with Crippen molar-refractivity contribution in [2.24, 2.45) is 5.41 Å². The van der Waals surface area contributed by atoms with E-state index in [9.17, 15) is 0 Å². The van der Waals surface area contributed by atoms with E-state index >= 15 is 0 Å². The lowest BCUT2D eigenvalue weighted by Gasteiger charge is -2.23. The summed E-state index contributed by atoms with van der Waals surface area (Å²) >= 11 is 0. The van der Waals surface area contributed by atoms with Crippen LogP contribution >= 0.6 is 0 Å². The van der Waals surface area contributed by atoms with E-state index in [1.165, 1.54) is 38.2 Å². The van der Waals surface area contributed by atoms with Crippen LogP contribution in [-0.4, -0.2) is 41.1 Å². The van der Waals surface area contributed by atoms with Crippen molar-refractivity contribution in [3.63, 3.8) is 0 Å². The van der Waals surface area contributed by atoms with Gasteiger partial charge in [0.25, 0.3) is 0 Å². The van der Waals surface area contributed by atoms with Gasteiger partial charge >= 0.3 is 0 Å². The fourth-order valence-corrected chi connectivity index (χ4v) is 4.29. The minimum Gasteiger partial charge on any atom is -0.381 e. The van der Waals surface area contributed by atoms with Crippen molar-refractivity contribution in [1.82, 2.24) is 20.1 Å². The van der Waals surface area contributed by atoms with Gasteiger partial charge in [-0.15, -0.1) is 0 Å². The second kappa shape index (κ2) is 5.60. The fourth-order valence-electron chi connectivity index (χ4n) is 4.29.